The summed E-state index contributed by atoms with van der Waals surface area (Å²) >= 11 is 0. The van der Waals surface area contributed by atoms with Gasteiger partial charge < -0.3 is 0 Å². The minimum atomic E-state index is -3.56. The molecule has 2 saturated carbocycles. The first-order chi connectivity index (χ1) is 10.7. The van der Waals surface area contributed by atoms with Gasteiger partial charge in [-0.25, -0.2) is 13.1 Å². The predicted octanol–water partition coefficient (Wildman–Crippen LogP) is 2.46. The predicted molar refractivity (Wildman–Crippen MR) is 88.1 cm³/mol. The standard InChI is InChI=1S/C17H24N2O3S/c1-12(13-5-4-8-18-10-13)19-23(21,22)11-17-7-6-14(9-15(17)20)16(17,2)3/h4-5,8,10,12,14,19H,6-7,9,11H2,1-3H3. The van der Waals surface area contributed by atoms with Crippen molar-refractivity contribution in [3.8, 4) is 0 Å². The molecule has 3 atom stereocenters. The first-order valence-electron chi connectivity index (χ1n) is 8.11. The third kappa shape index (κ3) is 2.62. The van der Waals surface area contributed by atoms with Crippen LogP contribution in [0.4, 0.5) is 0 Å². The molecule has 2 aliphatic rings. The van der Waals surface area contributed by atoms with Crippen LogP contribution in [-0.2, 0) is 14.8 Å². The van der Waals surface area contributed by atoms with Crippen LogP contribution in [0.25, 0.3) is 0 Å². The molecule has 1 heterocycles. The zero-order valence-corrected chi connectivity index (χ0v) is 14.7. The molecule has 1 N–H and O–H groups in total. The van der Waals surface area contributed by atoms with Gasteiger partial charge in [-0.05, 0) is 42.7 Å². The smallest absolute Gasteiger partial charge is 0.213 e. The summed E-state index contributed by atoms with van der Waals surface area (Å²) in [6.07, 6.45) is 5.47. The summed E-state index contributed by atoms with van der Waals surface area (Å²) in [5, 5.41) is 0. The first-order valence-corrected chi connectivity index (χ1v) is 9.76. The van der Waals surface area contributed by atoms with Gasteiger partial charge in [0.2, 0.25) is 10.0 Å². The van der Waals surface area contributed by atoms with Crippen molar-refractivity contribution in [2.75, 3.05) is 5.75 Å². The number of carbonyl (C=O) groups is 1. The lowest BCUT2D eigenvalue weighted by molar-refractivity contribution is -0.128. The lowest BCUT2D eigenvalue weighted by Crippen LogP contribution is -2.45. The Morgan fingerprint density at radius 1 is 1.43 bits per heavy atom. The Morgan fingerprint density at radius 3 is 2.70 bits per heavy atom. The molecule has 0 saturated heterocycles. The average Bonchev–Trinajstić information content (AvgIpc) is 2.81. The van der Waals surface area contributed by atoms with Gasteiger partial charge in [-0.15, -0.1) is 0 Å². The summed E-state index contributed by atoms with van der Waals surface area (Å²) in [5.74, 6) is 0.339. The number of sulfonamides is 1. The van der Waals surface area contributed by atoms with Crippen LogP contribution in [0.2, 0.25) is 0 Å². The Morgan fingerprint density at radius 2 is 2.17 bits per heavy atom. The van der Waals surface area contributed by atoms with Crippen LogP contribution in [-0.4, -0.2) is 24.9 Å². The number of hydrogen-bond donors (Lipinski definition) is 1. The van der Waals surface area contributed by atoms with Gasteiger partial charge >= 0.3 is 0 Å². The monoisotopic (exact) mass is 336 g/mol. The van der Waals surface area contributed by atoms with Gasteiger partial charge in [0.1, 0.15) is 5.78 Å². The van der Waals surface area contributed by atoms with Crippen molar-refractivity contribution in [1.82, 2.24) is 9.71 Å². The number of ketones is 1. The van der Waals surface area contributed by atoms with Crippen molar-refractivity contribution in [3.05, 3.63) is 30.1 Å². The van der Waals surface area contributed by atoms with Crippen molar-refractivity contribution >= 4 is 15.8 Å². The summed E-state index contributed by atoms with van der Waals surface area (Å²) in [4.78, 5) is 16.5. The fourth-order valence-corrected chi connectivity index (χ4v) is 6.53. The van der Waals surface area contributed by atoms with Crippen LogP contribution in [0.3, 0.4) is 0 Å². The summed E-state index contributed by atoms with van der Waals surface area (Å²) in [5.41, 5.74) is -0.149. The molecule has 2 bridgehead atoms. The highest BCUT2D eigenvalue weighted by Crippen LogP contribution is 2.64. The lowest BCUT2D eigenvalue weighted by Gasteiger charge is -2.36. The van der Waals surface area contributed by atoms with E-state index in [-0.39, 0.29) is 23.0 Å². The van der Waals surface area contributed by atoms with Crippen LogP contribution >= 0.6 is 0 Å². The minimum absolute atomic E-state index is 0.104. The Bertz CT molecular complexity index is 715. The molecule has 0 aliphatic heterocycles. The maximum atomic E-state index is 12.7. The molecule has 1 aromatic rings. The number of rotatable bonds is 5. The summed E-state index contributed by atoms with van der Waals surface area (Å²) in [7, 11) is -3.56. The number of hydrogen-bond acceptors (Lipinski definition) is 4. The molecule has 2 aliphatic carbocycles. The Balaban J connectivity index is 1.80. The van der Waals surface area contributed by atoms with Gasteiger partial charge in [0.25, 0.3) is 0 Å². The topological polar surface area (TPSA) is 76.1 Å². The second-order valence-electron chi connectivity index (χ2n) is 7.55. The molecular weight excluding hydrogens is 312 g/mol. The van der Waals surface area contributed by atoms with E-state index in [9.17, 15) is 13.2 Å². The highest BCUT2D eigenvalue weighted by atomic mass is 32.2. The van der Waals surface area contributed by atoms with Crippen molar-refractivity contribution < 1.29 is 13.2 Å². The SMILES string of the molecule is CC(NS(=O)(=O)CC12CCC(CC1=O)C2(C)C)c1cccnc1. The molecule has 5 nitrogen and oxygen atoms in total. The normalized spacial score (nSPS) is 30.6. The molecule has 0 aromatic carbocycles. The third-order valence-corrected chi connectivity index (χ3v) is 7.70. The average molecular weight is 336 g/mol. The third-order valence-electron chi connectivity index (χ3n) is 6.12. The molecule has 2 fully saturated rings. The van der Waals surface area contributed by atoms with Gasteiger partial charge in [0, 0.05) is 30.3 Å². The molecule has 23 heavy (non-hydrogen) atoms. The zero-order valence-electron chi connectivity index (χ0n) is 13.9. The number of Topliss-reactive ketones (excluding diaryl/α,β-unsaturated/α-hetero) is 1. The second-order valence-corrected chi connectivity index (χ2v) is 9.31. The maximum Gasteiger partial charge on any atom is 0.213 e. The maximum absolute atomic E-state index is 12.7. The lowest BCUT2D eigenvalue weighted by atomic mass is 9.70. The van der Waals surface area contributed by atoms with Crippen molar-refractivity contribution in [1.29, 1.82) is 0 Å². The quantitative estimate of drug-likeness (QED) is 0.896. The Kier molecular flexibility index (Phi) is 3.88. The minimum Gasteiger partial charge on any atom is -0.299 e. The number of nitrogens with zero attached hydrogens (tertiary/aromatic N) is 1. The molecule has 0 spiro atoms. The van der Waals surface area contributed by atoms with Crippen LogP contribution in [0.1, 0.15) is 51.6 Å². The van der Waals surface area contributed by atoms with E-state index in [1.54, 1.807) is 25.4 Å². The molecule has 0 amide bonds. The van der Waals surface area contributed by atoms with Crippen molar-refractivity contribution in [3.63, 3.8) is 0 Å². The molecule has 6 heteroatoms. The van der Waals surface area contributed by atoms with Gasteiger partial charge in [0.15, 0.2) is 0 Å². The van der Waals surface area contributed by atoms with Crippen LogP contribution in [0.5, 0.6) is 0 Å². The van der Waals surface area contributed by atoms with E-state index in [4.69, 9.17) is 0 Å². The molecule has 126 valence electrons. The summed E-state index contributed by atoms with van der Waals surface area (Å²) < 4.78 is 28.1. The van der Waals surface area contributed by atoms with E-state index in [2.05, 4.69) is 23.6 Å². The number of carbonyl (C=O) groups excluding carboxylic acids is 1. The number of nitrogens with one attached hydrogen (secondary N) is 1. The fraction of sp³-hybridized carbons (Fsp3) is 0.647. The fourth-order valence-electron chi connectivity index (χ4n) is 4.44. The van der Waals surface area contributed by atoms with E-state index >= 15 is 0 Å². The van der Waals surface area contributed by atoms with Crippen LogP contribution in [0, 0.1) is 16.7 Å². The van der Waals surface area contributed by atoms with Crippen LogP contribution in [0.15, 0.2) is 24.5 Å². The number of aromatic nitrogens is 1. The van der Waals surface area contributed by atoms with Crippen LogP contribution < -0.4 is 4.72 Å². The summed E-state index contributed by atoms with van der Waals surface area (Å²) in [6, 6.07) is 3.26. The second kappa shape index (κ2) is 5.38. The largest absolute Gasteiger partial charge is 0.299 e. The number of fused-ring (bicyclic) bond motifs is 2. The van der Waals surface area contributed by atoms with E-state index in [0.29, 0.717) is 18.8 Å². The van der Waals surface area contributed by atoms with E-state index in [1.165, 1.54) is 0 Å². The highest BCUT2D eigenvalue weighted by Gasteiger charge is 2.65. The molecule has 3 rings (SSSR count). The molecule has 1 aromatic heterocycles. The molecule has 3 unspecified atom stereocenters. The number of pyridine rings is 1. The van der Waals surface area contributed by atoms with Gasteiger partial charge in [0.05, 0.1) is 5.75 Å². The summed E-state index contributed by atoms with van der Waals surface area (Å²) in [6.45, 7) is 5.90. The van der Waals surface area contributed by atoms with E-state index in [0.717, 1.165) is 12.0 Å². The first kappa shape index (κ1) is 16.6. The molecule has 0 radical (unpaired) electrons. The van der Waals surface area contributed by atoms with Crippen molar-refractivity contribution in [2.45, 2.75) is 46.1 Å². The van der Waals surface area contributed by atoms with Gasteiger partial charge in [-0.2, -0.15) is 0 Å². The van der Waals surface area contributed by atoms with E-state index < -0.39 is 15.4 Å². The Hall–Kier alpha value is -1.27. The highest BCUT2D eigenvalue weighted by molar-refractivity contribution is 7.89. The van der Waals surface area contributed by atoms with E-state index in [1.807, 2.05) is 6.07 Å². The molecular formula is C17H24N2O3S. The van der Waals surface area contributed by atoms with Crippen molar-refractivity contribution in [2.24, 2.45) is 16.7 Å². The van der Waals surface area contributed by atoms with Gasteiger partial charge in [-0.3, -0.25) is 9.78 Å². The zero-order chi connectivity index (χ0) is 16.9. The Labute approximate surface area is 137 Å². The van der Waals surface area contributed by atoms with Gasteiger partial charge in [-0.1, -0.05) is 19.9 Å².